The quantitative estimate of drug-likeness (QED) is 0.711. The van der Waals surface area contributed by atoms with Gasteiger partial charge in [0.1, 0.15) is 0 Å². The number of anilines is 1. The molecule has 0 spiro atoms. The Morgan fingerprint density at radius 3 is 1.73 bits per heavy atom. The topological polar surface area (TPSA) is 72.2 Å². The third-order valence-corrected chi connectivity index (χ3v) is 4.25. The molecule has 0 bridgehead atoms. The summed E-state index contributed by atoms with van der Waals surface area (Å²) >= 11 is 0. The first-order chi connectivity index (χ1) is 12.6. The number of nitrogens with two attached hydrogens (primary N) is 1. The van der Waals surface area contributed by atoms with Gasteiger partial charge in [0.25, 0.3) is 0 Å². The van der Waals surface area contributed by atoms with Crippen LogP contribution in [0.1, 0.15) is 33.8 Å². The summed E-state index contributed by atoms with van der Waals surface area (Å²) in [5, 5.41) is 2.89. The Balaban J connectivity index is 1.76. The van der Waals surface area contributed by atoms with Crippen molar-refractivity contribution in [1.82, 2.24) is 0 Å². The predicted molar refractivity (Wildman–Crippen MR) is 103 cm³/mol. The number of primary amides is 1. The second-order valence-electron chi connectivity index (χ2n) is 6.07. The number of benzene rings is 3. The number of carbonyl (C=O) groups excluding carboxylic acids is 2. The first-order valence-electron chi connectivity index (χ1n) is 8.43. The highest BCUT2D eigenvalue weighted by atomic mass is 16.2. The summed E-state index contributed by atoms with van der Waals surface area (Å²) in [5.74, 6) is -0.604. The zero-order valence-electron chi connectivity index (χ0n) is 14.3. The number of amides is 2. The fraction of sp³-hybridized carbons (Fsp3) is 0.0909. The summed E-state index contributed by atoms with van der Waals surface area (Å²) < 4.78 is 0. The summed E-state index contributed by atoms with van der Waals surface area (Å²) in [6.07, 6.45) is 0.325. The highest BCUT2D eigenvalue weighted by molar-refractivity contribution is 5.95. The van der Waals surface area contributed by atoms with Crippen molar-refractivity contribution in [1.29, 1.82) is 0 Å². The SMILES string of the molecule is NC(=O)c1ccc(NC(=O)CC(c2ccccc2)c2ccccc2)cc1. The fourth-order valence-electron chi connectivity index (χ4n) is 2.91. The van der Waals surface area contributed by atoms with Crippen molar-refractivity contribution in [2.45, 2.75) is 12.3 Å². The van der Waals surface area contributed by atoms with Gasteiger partial charge in [-0.3, -0.25) is 9.59 Å². The minimum Gasteiger partial charge on any atom is -0.366 e. The maximum Gasteiger partial charge on any atom is 0.248 e. The van der Waals surface area contributed by atoms with E-state index >= 15 is 0 Å². The highest BCUT2D eigenvalue weighted by Crippen LogP contribution is 2.28. The number of hydrogen-bond acceptors (Lipinski definition) is 2. The molecule has 3 rings (SSSR count). The van der Waals surface area contributed by atoms with E-state index < -0.39 is 5.91 Å². The second kappa shape index (κ2) is 8.12. The maximum atomic E-state index is 12.6. The van der Waals surface area contributed by atoms with Crippen LogP contribution in [-0.2, 0) is 4.79 Å². The third-order valence-electron chi connectivity index (χ3n) is 4.25. The second-order valence-corrected chi connectivity index (χ2v) is 6.07. The Morgan fingerprint density at radius 2 is 1.27 bits per heavy atom. The summed E-state index contributed by atoms with van der Waals surface area (Å²) in [4.78, 5) is 23.7. The van der Waals surface area contributed by atoms with E-state index in [2.05, 4.69) is 5.32 Å². The van der Waals surface area contributed by atoms with Crippen LogP contribution in [-0.4, -0.2) is 11.8 Å². The minimum atomic E-state index is -0.490. The molecule has 2 amide bonds. The number of carbonyl (C=O) groups is 2. The molecular weight excluding hydrogens is 324 g/mol. The Hall–Kier alpha value is -3.40. The first kappa shape index (κ1) is 17.4. The van der Waals surface area contributed by atoms with Crippen molar-refractivity contribution < 1.29 is 9.59 Å². The van der Waals surface area contributed by atoms with Crippen molar-refractivity contribution in [3.63, 3.8) is 0 Å². The largest absolute Gasteiger partial charge is 0.366 e. The standard InChI is InChI=1S/C22H20N2O2/c23-22(26)18-11-13-19(14-12-18)24-21(25)15-20(16-7-3-1-4-8-16)17-9-5-2-6-10-17/h1-14,20H,15H2,(H2,23,26)(H,24,25). The van der Waals surface area contributed by atoms with E-state index in [4.69, 9.17) is 5.73 Å². The van der Waals surface area contributed by atoms with Crippen LogP contribution < -0.4 is 11.1 Å². The van der Waals surface area contributed by atoms with Gasteiger partial charge in [-0.05, 0) is 35.4 Å². The van der Waals surface area contributed by atoms with E-state index in [0.29, 0.717) is 17.7 Å². The lowest BCUT2D eigenvalue weighted by molar-refractivity contribution is -0.116. The summed E-state index contributed by atoms with van der Waals surface area (Å²) in [7, 11) is 0. The molecule has 130 valence electrons. The monoisotopic (exact) mass is 344 g/mol. The van der Waals surface area contributed by atoms with Gasteiger partial charge in [0.15, 0.2) is 0 Å². The van der Waals surface area contributed by atoms with E-state index in [0.717, 1.165) is 11.1 Å². The molecule has 3 N–H and O–H groups in total. The molecule has 0 saturated heterocycles. The van der Waals surface area contributed by atoms with Crippen LogP contribution in [0.2, 0.25) is 0 Å². The molecule has 4 heteroatoms. The van der Waals surface area contributed by atoms with Gasteiger partial charge in [0.05, 0.1) is 0 Å². The van der Waals surface area contributed by atoms with Gasteiger partial charge in [-0.1, -0.05) is 60.7 Å². The maximum absolute atomic E-state index is 12.6. The molecule has 0 unspecified atom stereocenters. The average Bonchev–Trinajstić information content (AvgIpc) is 2.68. The van der Waals surface area contributed by atoms with E-state index in [1.807, 2.05) is 60.7 Å². The smallest absolute Gasteiger partial charge is 0.248 e. The molecule has 0 radical (unpaired) electrons. The molecule has 0 saturated carbocycles. The van der Waals surface area contributed by atoms with Crippen LogP contribution in [0.3, 0.4) is 0 Å². The first-order valence-corrected chi connectivity index (χ1v) is 8.43. The zero-order chi connectivity index (χ0) is 18.4. The van der Waals surface area contributed by atoms with Gasteiger partial charge in [-0.2, -0.15) is 0 Å². The molecule has 0 atom stereocenters. The van der Waals surface area contributed by atoms with Crippen LogP contribution in [0.25, 0.3) is 0 Å². The Morgan fingerprint density at radius 1 is 0.769 bits per heavy atom. The third kappa shape index (κ3) is 4.36. The molecular formula is C22H20N2O2. The van der Waals surface area contributed by atoms with Crippen molar-refractivity contribution in [2.24, 2.45) is 5.73 Å². The average molecular weight is 344 g/mol. The molecule has 0 aliphatic rings. The van der Waals surface area contributed by atoms with E-state index in [1.165, 1.54) is 0 Å². The van der Waals surface area contributed by atoms with Crippen molar-refractivity contribution in [3.8, 4) is 0 Å². The van der Waals surface area contributed by atoms with Gasteiger partial charge >= 0.3 is 0 Å². The molecule has 0 aromatic heterocycles. The van der Waals surface area contributed by atoms with Gasteiger partial charge in [-0.25, -0.2) is 0 Å². The molecule has 4 nitrogen and oxygen atoms in total. The summed E-state index contributed by atoms with van der Waals surface area (Å²) in [5.41, 5.74) is 8.47. The Bertz CT molecular complexity index is 836. The summed E-state index contributed by atoms with van der Waals surface area (Å²) in [6, 6.07) is 26.5. The van der Waals surface area contributed by atoms with Gasteiger partial charge in [0, 0.05) is 23.6 Å². The van der Waals surface area contributed by atoms with Crippen molar-refractivity contribution in [2.75, 3.05) is 5.32 Å². The highest BCUT2D eigenvalue weighted by Gasteiger charge is 2.18. The molecule has 0 heterocycles. The number of nitrogens with one attached hydrogen (secondary N) is 1. The molecule has 0 aliphatic carbocycles. The molecule has 3 aromatic carbocycles. The predicted octanol–water partition coefficient (Wildman–Crippen LogP) is 3.95. The van der Waals surface area contributed by atoms with Crippen LogP contribution in [0.15, 0.2) is 84.9 Å². The Kier molecular flexibility index (Phi) is 5.44. The van der Waals surface area contributed by atoms with Crippen LogP contribution in [0.5, 0.6) is 0 Å². The molecule has 26 heavy (non-hydrogen) atoms. The van der Waals surface area contributed by atoms with Crippen LogP contribution in [0.4, 0.5) is 5.69 Å². The normalized spacial score (nSPS) is 10.5. The lowest BCUT2D eigenvalue weighted by atomic mass is 9.88. The minimum absolute atomic E-state index is 0.0257. The molecule has 0 fully saturated rings. The van der Waals surface area contributed by atoms with Gasteiger partial charge in [-0.15, -0.1) is 0 Å². The number of rotatable bonds is 6. The lowest BCUT2D eigenvalue weighted by Crippen LogP contribution is -2.17. The number of hydrogen-bond donors (Lipinski definition) is 2. The van der Waals surface area contributed by atoms with Crippen LogP contribution >= 0.6 is 0 Å². The van der Waals surface area contributed by atoms with Gasteiger partial charge in [0.2, 0.25) is 11.8 Å². The van der Waals surface area contributed by atoms with Crippen molar-refractivity contribution in [3.05, 3.63) is 102 Å². The van der Waals surface area contributed by atoms with Gasteiger partial charge < -0.3 is 11.1 Å². The molecule has 3 aromatic rings. The van der Waals surface area contributed by atoms with Crippen molar-refractivity contribution >= 4 is 17.5 Å². The lowest BCUT2D eigenvalue weighted by Gasteiger charge is -2.18. The fourth-order valence-corrected chi connectivity index (χ4v) is 2.91. The van der Waals surface area contributed by atoms with E-state index in [9.17, 15) is 9.59 Å². The van der Waals surface area contributed by atoms with E-state index in [-0.39, 0.29) is 11.8 Å². The zero-order valence-corrected chi connectivity index (χ0v) is 14.3. The summed E-state index contributed by atoms with van der Waals surface area (Å²) in [6.45, 7) is 0. The van der Waals surface area contributed by atoms with Crippen LogP contribution in [0, 0.1) is 0 Å². The van der Waals surface area contributed by atoms with E-state index in [1.54, 1.807) is 24.3 Å². The molecule has 0 aliphatic heterocycles. The Labute approximate surface area is 152 Å².